The molecule has 1 aliphatic rings. The number of hydrogen-bond acceptors (Lipinski definition) is 4. The number of nitrogens with one attached hydrogen (secondary N) is 1. The van der Waals surface area contributed by atoms with Gasteiger partial charge in [-0.05, 0) is 39.0 Å². The van der Waals surface area contributed by atoms with E-state index in [1.165, 1.54) is 0 Å². The Balaban J connectivity index is 2.66. The molecule has 1 aliphatic carbocycles. The van der Waals surface area contributed by atoms with E-state index in [1.54, 1.807) is 13.8 Å². The highest BCUT2D eigenvalue weighted by Crippen LogP contribution is 2.26. The van der Waals surface area contributed by atoms with Crippen LogP contribution in [-0.4, -0.2) is 42.7 Å². The summed E-state index contributed by atoms with van der Waals surface area (Å²) in [5.41, 5.74) is 5.94. The average Bonchev–Trinajstić information content (AvgIpc) is 2.21. The lowest BCUT2D eigenvalue weighted by Crippen LogP contribution is -2.47. The quantitative estimate of drug-likeness (QED) is 0.696. The summed E-state index contributed by atoms with van der Waals surface area (Å²) >= 11 is 0. The molecule has 106 valence electrons. The Labute approximate surface area is 108 Å². The SMILES string of the molecule is CC(C)S(=O)(=O)CC1CC(NC(=O)O)CCC1N. The fourth-order valence-corrected chi connectivity index (χ4v) is 3.64. The first-order chi connectivity index (χ1) is 8.22. The van der Waals surface area contributed by atoms with Crippen LogP contribution in [-0.2, 0) is 9.84 Å². The fourth-order valence-electron chi connectivity index (χ4n) is 2.28. The summed E-state index contributed by atoms with van der Waals surface area (Å²) in [6.45, 7) is 3.30. The van der Waals surface area contributed by atoms with Crippen molar-refractivity contribution in [1.82, 2.24) is 5.32 Å². The molecule has 3 atom stereocenters. The van der Waals surface area contributed by atoms with Crippen LogP contribution in [0.5, 0.6) is 0 Å². The normalized spacial score (nSPS) is 29.2. The Bertz CT molecular complexity index is 394. The highest BCUT2D eigenvalue weighted by Gasteiger charge is 2.33. The molecule has 1 rings (SSSR count). The van der Waals surface area contributed by atoms with Gasteiger partial charge in [-0.2, -0.15) is 0 Å². The number of amides is 1. The molecule has 4 N–H and O–H groups in total. The van der Waals surface area contributed by atoms with E-state index >= 15 is 0 Å². The third kappa shape index (κ3) is 4.13. The van der Waals surface area contributed by atoms with Gasteiger partial charge in [0, 0.05) is 12.1 Å². The van der Waals surface area contributed by atoms with E-state index in [1.807, 2.05) is 0 Å². The summed E-state index contributed by atoms with van der Waals surface area (Å²) in [5.74, 6) is -0.119. The van der Waals surface area contributed by atoms with Gasteiger partial charge in [-0.1, -0.05) is 0 Å². The van der Waals surface area contributed by atoms with E-state index in [-0.39, 0.29) is 23.8 Å². The Morgan fingerprint density at radius 3 is 2.56 bits per heavy atom. The maximum absolute atomic E-state index is 11.9. The summed E-state index contributed by atoms with van der Waals surface area (Å²) in [7, 11) is -3.14. The van der Waals surface area contributed by atoms with Gasteiger partial charge < -0.3 is 16.2 Å². The van der Waals surface area contributed by atoms with Crippen molar-refractivity contribution >= 4 is 15.9 Å². The Hall–Kier alpha value is -0.820. The van der Waals surface area contributed by atoms with Gasteiger partial charge >= 0.3 is 6.09 Å². The van der Waals surface area contributed by atoms with Crippen LogP contribution in [0.15, 0.2) is 0 Å². The lowest BCUT2D eigenvalue weighted by molar-refractivity contribution is 0.179. The zero-order valence-corrected chi connectivity index (χ0v) is 11.6. The molecule has 18 heavy (non-hydrogen) atoms. The van der Waals surface area contributed by atoms with E-state index in [2.05, 4.69) is 5.32 Å². The van der Waals surface area contributed by atoms with Crippen LogP contribution in [0.25, 0.3) is 0 Å². The molecular weight excluding hydrogens is 256 g/mol. The first kappa shape index (κ1) is 15.2. The van der Waals surface area contributed by atoms with Crippen molar-refractivity contribution < 1.29 is 18.3 Å². The molecule has 0 bridgehead atoms. The summed E-state index contributed by atoms with van der Waals surface area (Å²) in [6, 6.07) is -0.347. The van der Waals surface area contributed by atoms with Gasteiger partial charge in [-0.25, -0.2) is 13.2 Å². The van der Waals surface area contributed by atoms with Gasteiger partial charge in [0.1, 0.15) is 0 Å². The van der Waals surface area contributed by atoms with Crippen LogP contribution in [0, 0.1) is 5.92 Å². The first-order valence-corrected chi connectivity index (χ1v) is 7.90. The second-order valence-electron chi connectivity index (χ2n) is 5.26. The van der Waals surface area contributed by atoms with Crippen LogP contribution in [0.2, 0.25) is 0 Å². The van der Waals surface area contributed by atoms with Crippen LogP contribution < -0.4 is 11.1 Å². The molecule has 3 unspecified atom stereocenters. The molecule has 0 aliphatic heterocycles. The first-order valence-electron chi connectivity index (χ1n) is 6.19. The van der Waals surface area contributed by atoms with E-state index in [0.29, 0.717) is 19.3 Å². The minimum Gasteiger partial charge on any atom is -0.465 e. The molecule has 1 fully saturated rings. The highest BCUT2D eigenvalue weighted by molar-refractivity contribution is 7.91. The Kier molecular flexibility index (Phi) is 4.98. The summed E-state index contributed by atoms with van der Waals surface area (Å²) in [5, 5.41) is 10.7. The van der Waals surface area contributed by atoms with Crippen molar-refractivity contribution in [3.63, 3.8) is 0 Å². The van der Waals surface area contributed by atoms with Gasteiger partial charge in [-0.3, -0.25) is 0 Å². The predicted molar refractivity (Wildman–Crippen MR) is 69.2 cm³/mol. The molecule has 6 nitrogen and oxygen atoms in total. The second-order valence-corrected chi connectivity index (χ2v) is 7.86. The van der Waals surface area contributed by atoms with E-state index in [0.717, 1.165) is 0 Å². The minimum absolute atomic E-state index is 0.0453. The third-order valence-corrected chi connectivity index (χ3v) is 5.86. The Morgan fingerprint density at radius 1 is 1.44 bits per heavy atom. The molecule has 7 heteroatoms. The maximum Gasteiger partial charge on any atom is 0.404 e. The van der Waals surface area contributed by atoms with E-state index in [9.17, 15) is 13.2 Å². The van der Waals surface area contributed by atoms with Crippen molar-refractivity contribution in [2.24, 2.45) is 11.7 Å². The fraction of sp³-hybridized carbons (Fsp3) is 0.909. The van der Waals surface area contributed by atoms with Crippen molar-refractivity contribution in [3.05, 3.63) is 0 Å². The molecule has 0 saturated heterocycles. The summed E-state index contributed by atoms with van der Waals surface area (Å²) in [4.78, 5) is 10.6. The second kappa shape index (κ2) is 5.88. The summed E-state index contributed by atoms with van der Waals surface area (Å²) < 4.78 is 23.8. The van der Waals surface area contributed by atoms with Crippen LogP contribution in [0.4, 0.5) is 4.79 Å². The minimum atomic E-state index is -3.14. The van der Waals surface area contributed by atoms with Crippen LogP contribution in [0.1, 0.15) is 33.1 Å². The smallest absolute Gasteiger partial charge is 0.404 e. The van der Waals surface area contributed by atoms with E-state index in [4.69, 9.17) is 10.8 Å². The standard InChI is InChI=1S/C11H22N2O4S/c1-7(2)18(16,17)6-8-5-9(13-11(14)15)3-4-10(8)12/h7-10,13H,3-6,12H2,1-2H3,(H,14,15). The zero-order chi connectivity index (χ0) is 13.9. The number of rotatable bonds is 4. The average molecular weight is 278 g/mol. The van der Waals surface area contributed by atoms with Crippen molar-refractivity contribution in [3.8, 4) is 0 Å². The molecule has 1 amide bonds. The van der Waals surface area contributed by atoms with Crippen LogP contribution in [0.3, 0.4) is 0 Å². The molecule has 0 aromatic carbocycles. The van der Waals surface area contributed by atoms with E-state index < -0.39 is 21.2 Å². The number of carboxylic acid groups (broad SMARTS) is 1. The number of hydrogen-bond donors (Lipinski definition) is 3. The van der Waals surface area contributed by atoms with Gasteiger partial charge in [0.2, 0.25) is 0 Å². The zero-order valence-electron chi connectivity index (χ0n) is 10.8. The van der Waals surface area contributed by atoms with Gasteiger partial charge in [0.05, 0.1) is 11.0 Å². The highest BCUT2D eigenvalue weighted by atomic mass is 32.2. The van der Waals surface area contributed by atoms with Crippen molar-refractivity contribution in [2.45, 2.75) is 50.4 Å². The molecule has 0 spiro atoms. The van der Waals surface area contributed by atoms with Gasteiger partial charge in [0.25, 0.3) is 0 Å². The lowest BCUT2D eigenvalue weighted by atomic mass is 9.83. The molecular formula is C11H22N2O4S. The largest absolute Gasteiger partial charge is 0.465 e. The summed E-state index contributed by atoms with van der Waals surface area (Å²) in [6.07, 6.45) is 0.759. The monoisotopic (exact) mass is 278 g/mol. The maximum atomic E-state index is 11.9. The number of nitrogens with two attached hydrogens (primary N) is 1. The van der Waals surface area contributed by atoms with Crippen LogP contribution >= 0.6 is 0 Å². The van der Waals surface area contributed by atoms with Crippen molar-refractivity contribution in [2.75, 3.05) is 5.75 Å². The molecule has 1 saturated carbocycles. The van der Waals surface area contributed by atoms with Gasteiger partial charge in [-0.15, -0.1) is 0 Å². The van der Waals surface area contributed by atoms with Crippen molar-refractivity contribution in [1.29, 1.82) is 0 Å². The third-order valence-electron chi connectivity index (χ3n) is 3.53. The lowest BCUT2D eigenvalue weighted by Gasteiger charge is -2.34. The molecule has 0 aromatic rings. The predicted octanol–water partition coefficient (Wildman–Crippen LogP) is 0.573. The topological polar surface area (TPSA) is 109 Å². The molecule has 0 aromatic heterocycles. The molecule has 0 radical (unpaired) electrons. The van der Waals surface area contributed by atoms with Gasteiger partial charge in [0.15, 0.2) is 9.84 Å². The molecule has 0 heterocycles. The number of carbonyl (C=O) groups is 1. The number of sulfone groups is 1. The Morgan fingerprint density at radius 2 is 2.06 bits per heavy atom.